The highest BCUT2D eigenvalue weighted by atomic mass is 16.7. The van der Waals surface area contributed by atoms with Crippen LogP contribution in [0.2, 0.25) is 0 Å². The first-order valence-corrected chi connectivity index (χ1v) is 6.30. The molecule has 1 atom stereocenters. The molecule has 0 aromatic heterocycles. The Bertz CT molecular complexity index is 423. The van der Waals surface area contributed by atoms with Gasteiger partial charge in [0, 0.05) is 20.6 Å². The molecule has 0 heterocycles. The summed E-state index contributed by atoms with van der Waals surface area (Å²) in [5, 5.41) is 0. The van der Waals surface area contributed by atoms with Gasteiger partial charge in [-0.2, -0.15) is 0 Å². The molecule has 1 unspecified atom stereocenters. The summed E-state index contributed by atoms with van der Waals surface area (Å²) in [5.74, 6) is -1.13. The molecule has 1 saturated carbocycles. The lowest BCUT2D eigenvalue weighted by atomic mass is 9.65. The van der Waals surface area contributed by atoms with Crippen LogP contribution in [0.3, 0.4) is 0 Å². The maximum atomic E-state index is 12.3. The van der Waals surface area contributed by atoms with Gasteiger partial charge < -0.3 is 9.47 Å². The van der Waals surface area contributed by atoms with E-state index in [2.05, 4.69) is 0 Å². The predicted octanol–water partition coefficient (Wildman–Crippen LogP) is 2.69. The first kappa shape index (κ1) is 13.2. The van der Waals surface area contributed by atoms with Crippen LogP contribution in [-0.2, 0) is 19.7 Å². The quantitative estimate of drug-likeness (QED) is 0.771. The smallest absolute Gasteiger partial charge is 0.238 e. The molecule has 0 spiro atoms. The third-order valence-corrected chi connectivity index (χ3v) is 4.16. The molecular weight excluding hydrogens is 228 g/mol. The summed E-state index contributed by atoms with van der Waals surface area (Å²) in [4.78, 5) is 12.3. The van der Waals surface area contributed by atoms with Crippen molar-refractivity contribution in [3.05, 3.63) is 35.9 Å². The summed E-state index contributed by atoms with van der Waals surface area (Å²) < 4.78 is 11.1. The van der Waals surface area contributed by atoms with Crippen LogP contribution in [0.1, 0.15) is 31.7 Å². The fraction of sp³-hybridized carbons (Fsp3) is 0.533. The maximum Gasteiger partial charge on any atom is 0.238 e. The average molecular weight is 248 g/mol. The van der Waals surface area contributed by atoms with E-state index in [1.165, 1.54) is 0 Å². The minimum atomic E-state index is -1.16. The van der Waals surface area contributed by atoms with Gasteiger partial charge in [0.2, 0.25) is 5.79 Å². The molecule has 0 saturated heterocycles. The van der Waals surface area contributed by atoms with Crippen LogP contribution in [0.5, 0.6) is 0 Å². The standard InChI is InChI=1S/C15H20O3/c1-14(12-8-5-4-6-9-12)11-7-10-13(16)15(14,17-2)18-3/h4-6,8-9H,7,10-11H2,1-3H3. The third-order valence-electron chi connectivity index (χ3n) is 4.16. The topological polar surface area (TPSA) is 35.5 Å². The Kier molecular flexibility index (Phi) is 3.55. The number of ether oxygens (including phenoxy) is 2. The van der Waals surface area contributed by atoms with Crippen molar-refractivity contribution < 1.29 is 14.3 Å². The number of ketones is 1. The monoisotopic (exact) mass is 248 g/mol. The highest BCUT2D eigenvalue weighted by Crippen LogP contribution is 2.46. The van der Waals surface area contributed by atoms with E-state index in [9.17, 15) is 4.79 Å². The van der Waals surface area contributed by atoms with Crippen molar-refractivity contribution in [1.82, 2.24) is 0 Å². The lowest BCUT2D eigenvalue weighted by molar-refractivity contribution is -0.244. The fourth-order valence-electron chi connectivity index (χ4n) is 3.14. The average Bonchev–Trinajstić information content (AvgIpc) is 2.41. The Balaban J connectivity index is 2.54. The van der Waals surface area contributed by atoms with E-state index in [1.807, 2.05) is 37.3 Å². The van der Waals surface area contributed by atoms with Gasteiger partial charge in [-0.15, -0.1) is 0 Å². The maximum absolute atomic E-state index is 12.3. The van der Waals surface area contributed by atoms with Crippen molar-refractivity contribution in [2.24, 2.45) is 0 Å². The number of carbonyl (C=O) groups is 1. The summed E-state index contributed by atoms with van der Waals surface area (Å²) in [6, 6.07) is 10.0. The van der Waals surface area contributed by atoms with Gasteiger partial charge in [0.15, 0.2) is 5.78 Å². The minimum absolute atomic E-state index is 0.0325. The van der Waals surface area contributed by atoms with Crippen LogP contribution in [0.4, 0.5) is 0 Å². The Morgan fingerprint density at radius 2 is 1.72 bits per heavy atom. The zero-order valence-corrected chi connectivity index (χ0v) is 11.2. The number of Topliss-reactive ketones (excluding diaryl/α,β-unsaturated/α-hetero) is 1. The van der Waals surface area contributed by atoms with Crippen molar-refractivity contribution >= 4 is 5.78 Å². The van der Waals surface area contributed by atoms with Gasteiger partial charge in [-0.1, -0.05) is 30.3 Å². The molecule has 0 bridgehead atoms. The van der Waals surface area contributed by atoms with E-state index < -0.39 is 11.2 Å². The normalized spacial score (nSPS) is 27.2. The van der Waals surface area contributed by atoms with E-state index in [0.29, 0.717) is 6.42 Å². The molecule has 3 heteroatoms. The van der Waals surface area contributed by atoms with Crippen molar-refractivity contribution in [1.29, 1.82) is 0 Å². The molecule has 98 valence electrons. The molecule has 0 aliphatic heterocycles. The molecule has 0 radical (unpaired) electrons. The molecule has 1 aliphatic rings. The Labute approximate surface area is 108 Å². The Hall–Kier alpha value is -1.19. The molecule has 1 aliphatic carbocycles. The van der Waals surface area contributed by atoms with Gasteiger partial charge in [-0.3, -0.25) is 4.79 Å². The van der Waals surface area contributed by atoms with Gasteiger partial charge in [-0.25, -0.2) is 0 Å². The van der Waals surface area contributed by atoms with E-state index >= 15 is 0 Å². The van der Waals surface area contributed by atoms with Crippen molar-refractivity contribution in [2.75, 3.05) is 14.2 Å². The minimum Gasteiger partial charge on any atom is -0.346 e. The largest absolute Gasteiger partial charge is 0.346 e. The molecular formula is C15H20O3. The molecule has 0 amide bonds. The van der Waals surface area contributed by atoms with E-state index in [1.54, 1.807) is 14.2 Å². The van der Waals surface area contributed by atoms with Crippen LogP contribution in [-0.4, -0.2) is 25.8 Å². The first-order chi connectivity index (χ1) is 8.60. The summed E-state index contributed by atoms with van der Waals surface area (Å²) in [7, 11) is 3.10. The second kappa shape index (κ2) is 4.82. The zero-order chi connectivity index (χ0) is 13.2. The van der Waals surface area contributed by atoms with Gasteiger partial charge >= 0.3 is 0 Å². The number of carbonyl (C=O) groups excluding carboxylic acids is 1. The number of methoxy groups -OCH3 is 2. The number of hydrogen-bond acceptors (Lipinski definition) is 3. The Morgan fingerprint density at radius 1 is 1.11 bits per heavy atom. The molecule has 0 N–H and O–H groups in total. The molecule has 1 fully saturated rings. The number of benzene rings is 1. The lowest BCUT2D eigenvalue weighted by Gasteiger charge is -2.48. The Morgan fingerprint density at radius 3 is 2.28 bits per heavy atom. The van der Waals surface area contributed by atoms with Crippen molar-refractivity contribution in [3.8, 4) is 0 Å². The highest BCUT2D eigenvalue weighted by molar-refractivity contribution is 5.88. The number of hydrogen-bond donors (Lipinski definition) is 0. The molecule has 3 nitrogen and oxygen atoms in total. The summed E-state index contributed by atoms with van der Waals surface area (Å²) in [6.45, 7) is 2.05. The van der Waals surface area contributed by atoms with E-state index in [4.69, 9.17) is 9.47 Å². The summed E-state index contributed by atoms with van der Waals surface area (Å²) >= 11 is 0. The highest BCUT2D eigenvalue weighted by Gasteiger charge is 2.57. The van der Waals surface area contributed by atoms with Crippen LogP contribution >= 0.6 is 0 Å². The molecule has 1 aromatic rings. The second-order valence-electron chi connectivity index (χ2n) is 5.00. The number of rotatable bonds is 3. The SMILES string of the molecule is COC1(OC)C(=O)CCCC1(C)c1ccccc1. The van der Waals surface area contributed by atoms with Gasteiger partial charge in [0.1, 0.15) is 0 Å². The van der Waals surface area contributed by atoms with Crippen molar-refractivity contribution in [2.45, 2.75) is 37.4 Å². The lowest BCUT2D eigenvalue weighted by Crippen LogP contribution is -2.60. The first-order valence-electron chi connectivity index (χ1n) is 6.30. The van der Waals surface area contributed by atoms with E-state index in [0.717, 1.165) is 18.4 Å². The zero-order valence-electron chi connectivity index (χ0n) is 11.2. The van der Waals surface area contributed by atoms with E-state index in [-0.39, 0.29) is 5.78 Å². The van der Waals surface area contributed by atoms with Crippen LogP contribution < -0.4 is 0 Å². The van der Waals surface area contributed by atoms with Crippen LogP contribution in [0.25, 0.3) is 0 Å². The van der Waals surface area contributed by atoms with Gasteiger partial charge in [-0.05, 0) is 25.3 Å². The second-order valence-corrected chi connectivity index (χ2v) is 5.00. The molecule has 1 aromatic carbocycles. The predicted molar refractivity (Wildman–Crippen MR) is 69.4 cm³/mol. The third kappa shape index (κ3) is 1.70. The van der Waals surface area contributed by atoms with Gasteiger partial charge in [0.25, 0.3) is 0 Å². The van der Waals surface area contributed by atoms with Crippen LogP contribution in [0.15, 0.2) is 30.3 Å². The molecule has 18 heavy (non-hydrogen) atoms. The van der Waals surface area contributed by atoms with Gasteiger partial charge in [0.05, 0.1) is 5.41 Å². The summed E-state index contributed by atoms with van der Waals surface area (Å²) in [5.41, 5.74) is 0.648. The summed E-state index contributed by atoms with van der Waals surface area (Å²) in [6.07, 6.45) is 2.27. The van der Waals surface area contributed by atoms with Crippen molar-refractivity contribution in [3.63, 3.8) is 0 Å². The molecule has 2 rings (SSSR count). The van der Waals surface area contributed by atoms with Crippen LogP contribution in [0, 0.1) is 0 Å². The fourth-order valence-corrected chi connectivity index (χ4v) is 3.14.